The molecule has 1 aromatic carbocycles. The van der Waals surface area contributed by atoms with Crippen LogP contribution in [-0.4, -0.2) is 43.0 Å². The number of nitrogens with zero attached hydrogens (tertiary/aromatic N) is 2. The lowest BCUT2D eigenvalue weighted by Gasteiger charge is -2.22. The Bertz CT molecular complexity index is 420. The standard InChI is InChI=1S/C14H22FN3/c1-10-7-18(9-14(10)17(2)3)8-11-4-5-13(16)12(15)6-11/h4-6,10,14H,7-9,16H2,1-3H3. The van der Waals surface area contributed by atoms with Crippen molar-refractivity contribution < 1.29 is 4.39 Å². The maximum Gasteiger partial charge on any atom is 0.146 e. The van der Waals surface area contributed by atoms with Gasteiger partial charge in [-0.1, -0.05) is 13.0 Å². The first kappa shape index (κ1) is 13.3. The topological polar surface area (TPSA) is 32.5 Å². The van der Waals surface area contributed by atoms with Crippen LogP contribution in [0.3, 0.4) is 0 Å². The Balaban J connectivity index is 2.00. The fourth-order valence-electron chi connectivity index (χ4n) is 2.78. The van der Waals surface area contributed by atoms with Crippen LogP contribution in [0.5, 0.6) is 0 Å². The predicted octanol–water partition coefficient (Wildman–Crippen LogP) is 1.79. The van der Waals surface area contributed by atoms with Gasteiger partial charge in [0.25, 0.3) is 0 Å². The molecule has 0 spiro atoms. The molecule has 4 heteroatoms. The van der Waals surface area contributed by atoms with Crippen molar-refractivity contribution in [1.29, 1.82) is 0 Å². The summed E-state index contributed by atoms with van der Waals surface area (Å²) in [6.07, 6.45) is 0. The molecule has 0 saturated carbocycles. The normalized spacial score (nSPS) is 24.9. The summed E-state index contributed by atoms with van der Waals surface area (Å²) in [7, 11) is 4.24. The highest BCUT2D eigenvalue weighted by atomic mass is 19.1. The van der Waals surface area contributed by atoms with Gasteiger partial charge < -0.3 is 10.6 Å². The number of likely N-dealkylation sites (N-methyl/N-ethyl adjacent to an activating group) is 1. The molecule has 2 atom stereocenters. The van der Waals surface area contributed by atoms with E-state index >= 15 is 0 Å². The molecule has 0 bridgehead atoms. The first-order chi connectivity index (χ1) is 8.47. The number of rotatable bonds is 3. The highest BCUT2D eigenvalue weighted by Crippen LogP contribution is 2.22. The number of benzene rings is 1. The van der Waals surface area contributed by atoms with Crippen molar-refractivity contribution in [3.05, 3.63) is 29.6 Å². The second-order valence-corrected chi connectivity index (χ2v) is 5.56. The molecule has 2 unspecified atom stereocenters. The average Bonchev–Trinajstić information content (AvgIpc) is 2.65. The van der Waals surface area contributed by atoms with Gasteiger partial charge in [-0.25, -0.2) is 4.39 Å². The van der Waals surface area contributed by atoms with Crippen molar-refractivity contribution in [1.82, 2.24) is 9.80 Å². The van der Waals surface area contributed by atoms with Gasteiger partial charge >= 0.3 is 0 Å². The maximum absolute atomic E-state index is 13.4. The van der Waals surface area contributed by atoms with E-state index in [9.17, 15) is 4.39 Å². The summed E-state index contributed by atoms with van der Waals surface area (Å²) in [5, 5.41) is 0. The average molecular weight is 251 g/mol. The number of anilines is 1. The molecule has 1 heterocycles. The third-order valence-corrected chi connectivity index (χ3v) is 3.78. The lowest BCUT2D eigenvalue weighted by molar-refractivity contribution is 0.250. The molecular formula is C14H22FN3. The van der Waals surface area contributed by atoms with Gasteiger partial charge in [0.2, 0.25) is 0 Å². The zero-order valence-corrected chi connectivity index (χ0v) is 11.4. The van der Waals surface area contributed by atoms with Gasteiger partial charge in [-0.3, -0.25) is 4.90 Å². The minimum Gasteiger partial charge on any atom is -0.396 e. The van der Waals surface area contributed by atoms with Crippen molar-refractivity contribution in [3.63, 3.8) is 0 Å². The Kier molecular flexibility index (Phi) is 3.88. The van der Waals surface area contributed by atoms with Gasteiger partial charge in [0.15, 0.2) is 0 Å². The lowest BCUT2D eigenvalue weighted by Crippen LogP contribution is -2.34. The van der Waals surface area contributed by atoms with Crippen LogP contribution in [0.4, 0.5) is 10.1 Å². The minimum atomic E-state index is -0.316. The Hall–Kier alpha value is -1.13. The van der Waals surface area contributed by atoms with Gasteiger partial charge in [-0.15, -0.1) is 0 Å². The number of halogens is 1. The monoisotopic (exact) mass is 251 g/mol. The molecule has 1 aliphatic rings. The van der Waals surface area contributed by atoms with E-state index in [1.807, 2.05) is 6.07 Å². The lowest BCUT2D eigenvalue weighted by atomic mass is 10.1. The predicted molar refractivity (Wildman–Crippen MR) is 72.7 cm³/mol. The molecular weight excluding hydrogens is 229 g/mol. The minimum absolute atomic E-state index is 0.222. The van der Waals surface area contributed by atoms with Crippen LogP contribution in [0.15, 0.2) is 18.2 Å². The molecule has 0 aromatic heterocycles. The third kappa shape index (κ3) is 2.82. The zero-order chi connectivity index (χ0) is 13.3. The van der Waals surface area contributed by atoms with E-state index in [1.54, 1.807) is 12.1 Å². The van der Waals surface area contributed by atoms with Crippen LogP contribution in [-0.2, 0) is 6.54 Å². The first-order valence-corrected chi connectivity index (χ1v) is 6.40. The molecule has 2 rings (SSSR count). The SMILES string of the molecule is CC1CN(Cc2ccc(N)c(F)c2)CC1N(C)C. The van der Waals surface area contributed by atoms with Crippen LogP contribution in [0.25, 0.3) is 0 Å². The fourth-order valence-corrected chi connectivity index (χ4v) is 2.78. The molecule has 3 nitrogen and oxygen atoms in total. The van der Waals surface area contributed by atoms with Crippen molar-refractivity contribution in [2.45, 2.75) is 19.5 Å². The molecule has 1 saturated heterocycles. The van der Waals surface area contributed by atoms with E-state index in [2.05, 4.69) is 30.8 Å². The Labute approximate surface area is 108 Å². The van der Waals surface area contributed by atoms with Gasteiger partial charge in [-0.2, -0.15) is 0 Å². The quantitative estimate of drug-likeness (QED) is 0.831. The van der Waals surface area contributed by atoms with Crippen LogP contribution in [0.1, 0.15) is 12.5 Å². The van der Waals surface area contributed by atoms with Crippen molar-refractivity contribution in [2.24, 2.45) is 5.92 Å². The Morgan fingerprint density at radius 2 is 2.11 bits per heavy atom. The number of nitrogen functional groups attached to an aromatic ring is 1. The largest absolute Gasteiger partial charge is 0.396 e. The number of hydrogen-bond donors (Lipinski definition) is 1. The van der Waals surface area contributed by atoms with E-state index in [-0.39, 0.29) is 11.5 Å². The molecule has 1 aromatic rings. The van der Waals surface area contributed by atoms with E-state index in [4.69, 9.17) is 5.73 Å². The summed E-state index contributed by atoms with van der Waals surface area (Å²) in [4.78, 5) is 4.65. The summed E-state index contributed by atoms with van der Waals surface area (Å²) in [6, 6.07) is 5.69. The van der Waals surface area contributed by atoms with Crippen LogP contribution in [0, 0.1) is 11.7 Å². The Morgan fingerprint density at radius 1 is 1.39 bits per heavy atom. The van der Waals surface area contributed by atoms with Crippen molar-refractivity contribution in [3.8, 4) is 0 Å². The summed E-state index contributed by atoms with van der Waals surface area (Å²) >= 11 is 0. The van der Waals surface area contributed by atoms with Gasteiger partial charge in [0, 0.05) is 25.7 Å². The summed E-state index contributed by atoms with van der Waals surface area (Å²) in [5.74, 6) is 0.336. The molecule has 100 valence electrons. The van der Waals surface area contributed by atoms with Crippen LogP contribution in [0.2, 0.25) is 0 Å². The Morgan fingerprint density at radius 3 is 2.67 bits per heavy atom. The summed E-state index contributed by atoms with van der Waals surface area (Å²) in [6.45, 7) is 5.18. The highest BCUT2D eigenvalue weighted by Gasteiger charge is 2.30. The zero-order valence-electron chi connectivity index (χ0n) is 11.4. The second-order valence-electron chi connectivity index (χ2n) is 5.56. The molecule has 1 fully saturated rings. The number of likely N-dealkylation sites (tertiary alicyclic amines) is 1. The highest BCUT2D eigenvalue weighted by molar-refractivity contribution is 5.41. The van der Waals surface area contributed by atoms with Crippen LogP contribution < -0.4 is 5.73 Å². The maximum atomic E-state index is 13.4. The second kappa shape index (κ2) is 5.24. The number of nitrogens with two attached hydrogens (primary N) is 1. The third-order valence-electron chi connectivity index (χ3n) is 3.78. The first-order valence-electron chi connectivity index (χ1n) is 6.40. The summed E-state index contributed by atoms with van der Waals surface area (Å²) in [5.41, 5.74) is 6.70. The number of hydrogen-bond acceptors (Lipinski definition) is 3. The summed E-state index contributed by atoms with van der Waals surface area (Å²) < 4.78 is 13.4. The van der Waals surface area contributed by atoms with E-state index < -0.39 is 0 Å². The molecule has 0 aliphatic carbocycles. The molecule has 1 aliphatic heterocycles. The van der Waals surface area contributed by atoms with E-state index in [0.29, 0.717) is 12.0 Å². The fraction of sp³-hybridized carbons (Fsp3) is 0.571. The van der Waals surface area contributed by atoms with Gasteiger partial charge in [-0.05, 0) is 37.7 Å². The van der Waals surface area contributed by atoms with E-state index in [1.165, 1.54) is 0 Å². The smallest absolute Gasteiger partial charge is 0.146 e. The van der Waals surface area contributed by atoms with Gasteiger partial charge in [0.05, 0.1) is 5.69 Å². The molecule has 2 N–H and O–H groups in total. The van der Waals surface area contributed by atoms with Crippen molar-refractivity contribution >= 4 is 5.69 Å². The van der Waals surface area contributed by atoms with Crippen molar-refractivity contribution in [2.75, 3.05) is 32.9 Å². The molecule has 18 heavy (non-hydrogen) atoms. The molecule has 0 amide bonds. The van der Waals surface area contributed by atoms with Crippen LogP contribution >= 0.6 is 0 Å². The molecule has 0 radical (unpaired) electrons. The van der Waals surface area contributed by atoms with E-state index in [0.717, 1.165) is 25.2 Å². The van der Waals surface area contributed by atoms with Gasteiger partial charge in [0.1, 0.15) is 5.82 Å².